The topological polar surface area (TPSA) is 12.9 Å². The maximum atomic E-state index is 4.38. The van der Waals surface area contributed by atoms with Gasteiger partial charge in [-0.05, 0) is 18.8 Å². The molecule has 0 atom stereocenters. The normalized spacial score (nSPS) is 30.4. The first kappa shape index (κ1) is 8.24. The van der Waals surface area contributed by atoms with E-state index in [4.69, 9.17) is 0 Å². The van der Waals surface area contributed by atoms with Crippen LogP contribution in [0.25, 0.3) is 0 Å². The van der Waals surface area contributed by atoms with Crippen LogP contribution < -0.4 is 0 Å². The number of rotatable bonds is 1. The van der Waals surface area contributed by atoms with E-state index in [1.807, 2.05) is 17.5 Å². The Kier molecular flexibility index (Phi) is 2.45. The Morgan fingerprint density at radius 3 is 2.67 bits per heavy atom. The van der Waals surface area contributed by atoms with Crippen LogP contribution in [0.1, 0.15) is 43.5 Å². The largest absolute Gasteiger partial charge is 0.249 e. The van der Waals surface area contributed by atoms with E-state index in [1.165, 1.54) is 30.7 Å². The van der Waals surface area contributed by atoms with E-state index in [0.717, 1.165) is 11.8 Å². The van der Waals surface area contributed by atoms with Crippen molar-refractivity contribution in [3.63, 3.8) is 0 Å². The van der Waals surface area contributed by atoms with Gasteiger partial charge in [-0.1, -0.05) is 19.8 Å². The minimum Gasteiger partial charge on any atom is -0.249 e. The molecule has 1 aliphatic carbocycles. The Morgan fingerprint density at radius 1 is 1.33 bits per heavy atom. The lowest BCUT2D eigenvalue weighted by molar-refractivity contribution is 0.347. The van der Waals surface area contributed by atoms with E-state index >= 15 is 0 Å². The van der Waals surface area contributed by atoms with E-state index in [1.54, 1.807) is 0 Å². The Hall–Kier alpha value is -0.370. The molecule has 66 valence electrons. The van der Waals surface area contributed by atoms with Gasteiger partial charge >= 0.3 is 0 Å². The second-order valence-electron chi connectivity index (χ2n) is 3.83. The summed E-state index contributed by atoms with van der Waals surface area (Å²) in [5, 5.41) is 3.45. The average Bonchev–Trinajstić information content (AvgIpc) is 2.58. The van der Waals surface area contributed by atoms with Crippen molar-refractivity contribution in [1.82, 2.24) is 4.98 Å². The number of thiazole rings is 1. The third kappa shape index (κ3) is 1.69. The molecule has 0 bridgehead atoms. The standard InChI is InChI=1S/C10H15NS/c1-8-2-4-9(5-3-8)10-11-6-7-12-10/h6-9H,2-5H2,1H3. The number of nitrogens with zero attached hydrogens (tertiary/aromatic N) is 1. The smallest absolute Gasteiger partial charge is 0.0955 e. The van der Waals surface area contributed by atoms with Gasteiger partial charge in [-0.2, -0.15) is 0 Å². The molecule has 1 nitrogen and oxygen atoms in total. The van der Waals surface area contributed by atoms with Gasteiger partial charge in [0.1, 0.15) is 0 Å². The predicted molar refractivity (Wildman–Crippen MR) is 52.5 cm³/mol. The van der Waals surface area contributed by atoms with E-state index in [2.05, 4.69) is 17.3 Å². The molecule has 1 aromatic rings. The summed E-state index contributed by atoms with van der Waals surface area (Å²) in [5.41, 5.74) is 0. The van der Waals surface area contributed by atoms with Crippen LogP contribution in [-0.2, 0) is 0 Å². The monoisotopic (exact) mass is 181 g/mol. The maximum absolute atomic E-state index is 4.38. The lowest BCUT2D eigenvalue weighted by Crippen LogP contribution is -2.10. The van der Waals surface area contributed by atoms with Crippen molar-refractivity contribution < 1.29 is 0 Å². The molecule has 2 rings (SSSR count). The fourth-order valence-electron chi connectivity index (χ4n) is 1.94. The van der Waals surface area contributed by atoms with Crippen molar-refractivity contribution in [2.24, 2.45) is 5.92 Å². The highest BCUT2D eigenvalue weighted by Gasteiger charge is 2.20. The summed E-state index contributed by atoms with van der Waals surface area (Å²) in [7, 11) is 0. The summed E-state index contributed by atoms with van der Waals surface area (Å²) >= 11 is 1.82. The summed E-state index contributed by atoms with van der Waals surface area (Å²) in [4.78, 5) is 4.38. The molecule has 0 spiro atoms. The zero-order valence-corrected chi connectivity index (χ0v) is 8.31. The molecule has 0 aromatic carbocycles. The Balaban J connectivity index is 1.99. The molecule has 0 unspecified atom stereocenters. The summed E-state index contributed by atoms with van der Waals surface area (Å²) < 4.78 is 0. The third-order valence-electron chi connectivity index (χ3n) is 2.82. The van der Waals surface area contributed by atoms with Crippen LogP contribution >= 0.6 is 11.3 Å². The molecule has 2 heteroatoms. The van der Waals surface area contributed by atoms with Crippen LogP contribution in [-0.4, -0.2) is 4.98 Å². The number of hydrogen-bond acceptors (Lipinski definition) is 2. The molecule has 1 saturated carbocycles. The van der Waals surface area contributed by atoms with Crippen molar-refractivity contribution in [2.45, 2.75) is 38.5 Å². The summed E-state index contributed by atoms with van der Waals surface area (Å²) in [6.45, 7) is 2.36. The molecule has 1 heterocycles. The van der Waals surface area contributed by atoms with Crippen LogP contribution in [0.15, 0.2) is 11.6 Å². The molecule has 12 heavy (non-hydrogen) atoms. The molecular formula is C10H15NS. The first-order chi connectivity index (χ1) is 5.86. The Labute approximate surface area is 77.8 Å². The highest BCUT2D eigenvalue weighted by atomic mass is 32.1. The Bertz CT molecular complexity index is 222. The van der Waals surface area contributed by atoms with Crippen molar-refractivity contribution in [1.29, 1.82) is 0 Å². The minimum absolute atomic E-state index is 0.779. The zero-order valence-electron chi connectivity index (χ0n) is 7.49. The second kappa shape index (κ2) is 3.56. The van der Waals surface area contributed by atoms with Gasteiger partial charge in [-0.25, -0.2) is 4.98 Å². The van der Waals surface area contributed by atoms with Gasteiger partial charge in [0.15, 0.2) is 0 Å². The van der Waals surface area contributed by atoms with E-state index in [9.17, 15) is 0 Å². The SMILES string of the molecule is CC1CCC(c2nccs2)CC1. The summed E-state index contributed by atoms with van der Waals surface area (Å²) in [5.74, 6) is 1.72. The van der Waals surface area contributed by atoms with Crippen LogP contribution in [0, 0.1) is 5.92 Å². The first-order valence-electron chi connectivity index (χ1n) is 4.75. The van der Waals surface area contributed by atoms with Gasteiger partial charge in [0.25, 0.3) is 0 Å². The molecule has 0 aliphatic heterocycles. The Morgan fingerprint density at radius 2 is 2.08 bits per heavy atom. The minimum atomic E-state index is 0.779. The second-order valence-corrected chi connectivity index (χ2v) is 4.75. The highest BCUT2D eigenvalue weighted by Crippen LogP contribution is 2.35. The quantitative estimate of drug-likeness (QED) is 0.646. The molecule has 0 N–H and O–H groups in total. The summed E-state index contributed by atoms with van der Waals surface area (Å²) in [6, 6.07) is 0. The number of aromatic nitrogens is 1. The molecule has 1 aliphatic rings. The lowest BCUT2D eigenvalue weighted by atomic mass is 9.83. The fraction of sp³-hybridized carbons (Fsp3) is 0.700. The van der Waals surface area contributed by atoms with E-state index < -0.39 is 0 Å². The van der Waals surface area contributed by atoms with E-state index in [0.29, 0.717) is 0 Å². The predicted octanol–water partition coefficient (Wildman–Crippen LogP) is 3.44. The molecule has 0 radical (unpaired) electrons. The molecular weight excluding hydrogens is 166 g/mol. The first-order valence-corrected chi connectivity index (χ1v) is 5.63. The maximum Gasteiger partial charge on any atom is 0.0955 e. The van der Waals surface area contributed by atoms with Gasteiger partial charge in [0.05, 0.1) is 5.01 Å². The van der Waals surface area contributed by atoms with Crippen LogP contribution in [0.4, 0.5) is 0 Å². The van der Waals surface area contributed by atoms with Crippen molar-refractivity contribution in [2.75, 3.05) is 0 Å². The van der Waals surface area contributed by atoms with Gasteiger partial charge < -0.3 is 0 Å². The van der Waals surface area contributed by atoms with Gasteiger partial charge in [-0.3, -0.25) is 0 Å². The van der Waals surface area contributed by atoms with E-state index in [-0.39, 0.29) is 0 Å². The lowest BCUT2D eigenvalue weighted by Gasteiger charge is -2.24. The zero-order chi connectivity index (χ0) is 8.39. The summed E-state index contributed by atoms with van der Waals surface area (Å²) in [6.07, 6.45) is 7.43. The van der Waals surface area contributed by atoms with Gasteiger partial charge in [-0.15, -0.1) is 11.3 Å². The molecule has 0 amide bonds. The van der Waals surface area contributed by atoms with Crippen LogP contribution in [0.2, 0.25) is 0 Å². The van der Waals surface area contributed by atoms with Crippen molar-refractivity contribution in [3.8, 4) is 0 Å². The van der Waals surface area contributed by atoms with Gasteiger partial charge in [0.2, 0.25) is 0 Å². The molecule has 1 fully saturated rings. The number of hydrogen-bond donors (Lipinski definition) is 0. The highest BCUT2D eigenvalue weighted by molar-refractivity contribution is 7.09. The van der Waals surface area contributed by atoms with Gasteiger partial charge in [0, 0.05) is 17.5 Å². The molecule has 1 aromatic heterocycles. The van der Waals surface area contributed by atoms with Crippen molar-refractivity contribution >= 4 is 11.3 Å². The van der Waals surface area contributed by atoms with Crippen LogP contribution in [0.5, 0.6) is 0 Å². The van der Waals surface area contributed by atoms with Crippen molar-refractivity contribution in [3.05, 3.63) is 16.6 Å². The fourth-order valence-corrected chi connectivity index (χ4v) is 2.75. The third-order valence-corrected chi connectivity index (χ3v) is 3.75. The van der Waals surface area contributed by atoms with Crippen LogP contribution in [0.3, 0.4) is 0 Å². The molecule has 0 saturated heterocycles. The average molecular weight is 181 g/mol.